The fourth-order valence-electron chi connectivity index (χ4n) is 1.05. The van der Waals surface area contributed by atoms with Crippen LogP contribution in [-0.4, -0.2) is 14.5 Å². The lowest BCUT2D eigenvalue weighted by Gasteiger charge is -1.95. The van der Waals surface area contributed by atoms with Crippen molar-refractivity contribution in [1.29, 1.82) is 0 Å². The highest BCUT2D eigenvalue weighted by molar-refractivity contribution is 5.40. The van der Waals surface area contributed by atoms with Crippen LogP contribution in [0.25, 0.3) is 5.65 Å². The summed E-state index contributed by atoms with van der Waals surface area (Å²) in [6.45, 7) is 0.0728. The molecule has 0 saturated carbocycles. The SMILES string of the molecule is OCc1ccn2ccnc2c1. The van der Waals surface area contributed by atoms with Crippen LogP contribution in [0.3, 0.4) is 0 Å². The predicted molar refractivity (Wildman–Crippen MR) is 41.1 cm³/mol. The van der Waals surface area contributed by atoms with Gasteiger partial charge in [-0.1, -0.05) is 0 Å². The first kappa shape index (κ1) is 6.37. The molecule has 56 valence electrons. The van der Waals surface area contributed by atoms with E-state index < -0.39 is 0 Å². The zero-order chi connectivity index (χ0) is 7.68. The molecule has 0 aromatic carbocycles. The Hall–Kier alpha value is -1.35. The number of imidazole rings is 1. The molecule has 3 nitrogen and oxygen atoms in total. The van der Waals surface area contributed by atoms with Crippen molar-refractivity contribution < 1.29 is 5.11 Å². The van der Waals surface area contributed by atoms with Gasteiger partial charge >= 0.3 is 0 Å². The molecule has 0 atom stereocenters. The van der Waals surface area contributed by atoms with E-state index in [2.05, 4.69) is 4.98 Å². The van der Waals surface area contributed by atoms with Gasteiger partial charge in [0.05, 0.1) is 6.61 Å². The summed E-state index contributed by atoms with van der Waals surface area (Å²) in [7, 11) is 0. The van der Waals surface area contributed by atoms with E-state index in [0.717, 1.165) is 11.2 Å². The molecule has 11 heavy (non-hydrogen) atoms. The number of fused-ring (bicyclic) bond motifs is 1. The van der Waals surface area contributed by atoms with Gasteiger partial charge in [-0.05, 0) is 17.7 Å². The van der Waals surface area contributed by atoms with Crippen LogP contribution in [0.5, 0.6) is 0 Å². The molecular formula is C8H8N2O. The smallest absolute Gasteiger partial charge is 0.136 e. The molecular weight excluding hydrogens is 140 g/mol. The Balaban J connectivity index is 2.67. The molecule has 2 rings (SSSR count). The third-order valence-corrected chi connectivity index (χ3v) is 1.64. The van der Waals surface area contributed by atoms with Crippen LogP contribution < -0.4 is 0 Å². The molecule has 2 heterocycles. The largest absolute Gasteiger partial charge is 0.392 e. The highest BCUT2D eigenvalue weighted by Crippen LogP contribution is 2.04. The van der Waals surface area contributed by atoms with Gasteiger partial charge in [0.1, 0.15) is 5.65 Å². The maximum atomic E-state index is 8.80. The fourth-order valence-corrected chi connectivity index (χ4v) is 1.05. The Kier molecular flexibility index (Phi) is 1.36. The number of aromatic nitrogens is 2. The first-order valence-electron chi connectivity index (χ1n) is 3.42. The van der Waals surface area contributed by atoms with Gasteiger partial charge < -0.3 is 9.51 Å². The minimum Gasteiger partial charge on any atom is -0.392 e. The lowest BCUT2D eigenvalue weighted by atomic mass is 10.3. The average molecular weight is 148 g/mol. The van der Waals surface area contributed by atoms with E-state index in [9.17, 15) is 0 Å². The van der Waals surface area contributed by atoms with Crippen LogP contribution in [0.1, 0.15) is 5.56 Å². The number of nitrogens with zero attached hydrogens (tertiary/aromatic N) is 2. The Bertz CT molecular complexity index is 367. The molecule has 3 heteroatoms. The Morgan fingerprint density at radius 2 is 2.36 bits per heavy atom. The van der Waals surface area contributed by atoms with Crippen molar-refractivity contribution in [1.82, 2.24) is 9.38 Å². The summed E-state index contributed by atoms with van der Waals surface area (Å²) in [5.41, 5.74) is 1.76. The standard InChI is InChI=1S/C8H8N2O/c11-6-7-1-3-10-4-2-9-8(10)5-7/h1-5,11H,6H2. The third kappa shape index (κ3) is 0.991. The van der Waals surface area contributed by atoms with E-state index >= 15 is 0 Å². The molecule has 0 aliphatic carbocycles. The van der Waals surface area contributed by atoms with Crippen molar-refractivity contribution in [2.24, 2.45) is 0 Å². The average Bonchev–Trinajstić information content (AvgIpc) is 2.50. The second-order valence-corrected chi connectivity index (χ2v) is 2.39. The molecule has 0 radical (unpaired) electrons. The predicted octanol–water partition coefficient (Wildman–Crippen LogP) is 0.827. The topological polar surface area (TPSA) is 37.5 Å². The second kappa shape index (κ2) is 2.36. The molecule has 0 unspecified atom stereocenters. The number of aliphatic hydroxyl groups excluding tert-OH is 1. The van der Waals surface area contributed by atoms with Crippen LogP contribution in [0.4, 0.5) is 0 Å². The zero-order valence-corrected chi connectivity index (χ0v) is 5.94. The molecule has 2 aromatic heterocycles. The lowest BCUT2D eigenvalue weighted by Crippen LogP contribution is -1.87. The van der Waals surface area contributed by atoms with Gasteiger partial charge in [0.2, 0.25) is 0 Å². The molecule has 0 aliphatic rings. The van der Waals surface area contributed by atoms with Crippen LogP contribution in [0.15, 0.2) is 30.7 Å². The number of rotatable bonds is 1. The van der Waals surface area contributed by atoms with E-state index in [4.69, 9.17) is 5.11 Å². The number of aliphatic hydroxyl groups is 1. The normalized spacial score (nSPS) is 10.6. The van der Waals surface area contributed by atoms with Crippen LogP contribution in [0, 0.1) is 0 Å². The number of pyridine rings is 1. The fraction of sp³-hybridized carbons (Fsp3) is 0.125. The Morgan fingerprint density at radius 1 is 1.45 bits per heavy atom. The second-order valence-electron chi connectivity index (χ2n) is 2.39. The monoisotopic (exact) mass is 148 g/mol. The molecule has 0 bridgehead atoms. The maximum absolute atomic E-state index is 8.80. The summed E-state index contributed by atoms with van der Waals surface area (Å²) >= 11 is 0. The van der Waals surface area contributed by atoms with Crippen molar-refractivity contribution in [3.63, 3.8) is 0 Å². The van der Waals surface area contributed by atoms with Crippen LogP contribution in [0.2, 0.25) is 0 Å². The van der Waals surface area contributed by atoms with E-state index in [1.807, 2.05) is 28.9 Å². The number of hydrogen-bond acceptors (Lipinski definition) is 2. The summed E-state index contributed by atoms with van der Waals surface area (Å²) in [6, 6.07) is 3.73. The summed E-state index contributed by atoms with van der Waals surface area (Å²) < 4.78 is 1.90. The number of hydrogen-bond donors (Lipinski definition) is 1. The van der Waals surface area contributed by atoms with Crippen LogP contribution >= 0.6 is 0 Å². The molecule has 0 fully saturated rings. The van der Waals surface area contributed by atoms with Gasteiger partial charge in [0, 0.05) is 18.6 Å². The van der Waals surface area contributed by atoms with E-state index in [-0.39, 0.29) is 6.61 Å². The van der Waals surface area contributed by atoms with E-state index in [1.165, 1.54) is 0 Å². The van der Waals surface area contributed by atoms with Gasteiger partial charge in [-0.15, -0.1) is 0 Å². The maximum Gasteiger partial charge on any atom is 0.136 e. The van der Waals surface area contributed by atoms with E-state index in [1.54, 1.807) is 6.20 Å². The Labute approximate surface area is 63.9 Å². The molecule has 0 spiro atoms. The van der Waals surface area contributed by atoms with Crippen molar-refractivity contribution in [2.75, 3.05) is 0 Å². The first-order valence-corrected chi connectivity index (χ1v) is 3.42. The van der Waals surface area contributed by atoms with Crippen molar-refractivity contribution in [3.05, 3.63) is 36.3 Å². The molecule has 0 amide bonds. The first-order chi connectivity index (χ1) is 5.40. The highest BCUT2D eigenvalue weighted by Gasteiger charge is 1.93. The van der Waals surface area contributed by atoms with Crippen molar-refractivity contribution in [2.45, 2.75) is 6.61 Å². The van der Waals surface area contributed by atoms with Gasteiger partial charge in [0.15, 0.2) is 0 Å². The van der Waals surface area contributed by atoms with Gasteiger partial charge in [0.25, 0.3) is 0 Å². The zero-order valence-electron chi connectivity index (χ0n) is 5.94. The highest BCUT2D eigenvalue weighted by atomic mass is 16.3. The van der Waals surface area contributed by atoms with Crippen molar-refractivity contribution >= 4 is 5.65 Å². The van der Waals surface area contributed by atoms with Gasteiger partial charge in [-0.25, -0.2) is 4.98 Å². The minimum atomic E-state index is 0.0728. The summed E-state index contributed by atoms with van der Waals surface area (Å²) in [6.07, 6.45) is 5.49. The molecule has 2 aromatic rings. The molecule has 1 N–H and O–H groups in total. The summed E-state index contributed by atoms with van der Waals surface area (Å²) in [5.74, 6) is 0. The summed E-state index contributed by atoms with van der Waals surface area (Å²) in [5, 5.41) is 8.80. The quantitative estimate of drug-likeness (QED) is 0.650. The Morgan fingerprint density at radius 3 is 3.18 bits per heavy atom. The molecule has 0 aliphatic heterocycles. The molecule has 0 saturated heterocycles. The van der Waals surface area contributed by atoms with Gasteiger partial charge in [-0.2, -0.15) is 0 Å². The van der Waals surface area contributed by atoms with Crippen molar-refractivity contribution in [3.8, 4) is 0 Å². The minimum absolute atomic E-state index is 0.0728. The third-order valence-electron chi connectivity index (χ3n) is 1.64. The van der Waals surface area contributed by atoms with Crippen LogP contribution in [-0.2, 0) is 6.61 Å². The van der Waals surface area contributed by atoms with Gasteiger partial charge in [-0.3, -0.25) is 0 Å². The van der Waals surface area contributed by atoms with E-state index in [0.29, 0.717) is 0 Å². The summed E-state index contributed by atoms with van der Waals surface area (Å²) in [4.78, 5) is 4.08. The lowest BCUT2D eigenvalue weighted by molar-refractivity contribution is 0.282.